The Bertz CT molecular complexity index is 1240. The summed E-state index contributed by atoms with van der Waals surface area (Å²) in [6, 6.07) is 12.9. The molecule has 0 saturated carbocycles. The molecule has 0 radical (unpaired) electrons. The Kier molecular flexibility index (Phi) is 5.28. The van der Waals surface area contributed by atoms with Gasteiger partial charge in [0.15, 0.2) is 0 Å². The molecule has 10 heteroatoms. The third-order valence-corrected chi connectivity index (χ3v) is 6.58. The van der Waals surface area contributed by atoms with E-state index in [0.717, 1.165) is 11.3 Å². The number of benzene rings is 1. The van der Waals surface area contributed by atoms with E-state index >= 15 is 0 Å². The molecular weight excluding hydrogens is 450 g/mol. The van der Waals surface area contributed by atoms with Gasteiger partial charge in [-0.2, -0.15) is 0 Å². The average molecular weight is 468 g/mol. The predicted molar refractivity (Wildman–Crippen MR) is 123 cm³/mol. The molecule has 2 aromatic heterocycles. The van der Waals surface area contributed by atoms with Crippen LogP contribution in [0.15, 0.2) is 48.7 Å². The highest BCUT2D eigenvalue weighted by atomic mass is 35.5. The van der Waals surface area contributed by atoms with E-state index in [1.165, 1.54) is 17.5 Å². The monoisotopic (exact) mass is 467 g/mol. The van der Waals surface area contributed by atoms with Gasteiger partial charge in [-0.05, 0) is 35.9 Å². The molecule has 0 unspecified atom stereocenters. The van der Waals surface area contributed by atoms with E-state index in [9.17, 15) is 9.59 Å². The number of ether oxygens (including phenoxy) is 1. The molecule has 0 aliphatic carbocycles. The van der Waals surface area contributed by atoms with E-state index in [0.29, 0.717) is 52.4 Å². The number of rotatable bonds is 5. The van der Waals surface area contributed by atoms with Crippen molar-refractivity contribution in [3.8, 4) is 0 Å². The van der Waals surface area contributed by atoms with E-state index < -0.39 is 0 Å². The Labute approximate surface area is 192 Å². The van der Waals surface area contributed by atoms with Crippen LogP contribution in [-0.2, 0) is 17.8 Å². The van der Waals surface area contributed by atoms with Gasteiger partial charge in [-0.25, -0.2) is 4.98 Å². The number of hydrogen-bond donors (Lipinski definition) is 2. The second-order valence-electron chi connectivity index (χ2n) is 7.38. The fourth-order valence-corrected chi connectivity index (χ4v) is 4.77. The lowest BCUT2D eigenvalue weighted by molar-refractivity contribution is 0.0766. The first-order valence-electron chi connectivity index (χ1n) is 9.91. The smallest absolute Gasteiger partial charge is 0.289 e. The average Bonchev–Trinajstić information content (AvgIpc) is 3.49. The molecular formula is C22H18ClN5O3S. The highest BCUT2D eigenvalue weighted by Crippen LogP contribution is 2.30. The summed E-state index contributed by atoms with van der Waals surface area (Å²) in [7, 11) is 0. The van der Waals surface area contributed by atoms with Crippen LogP contribution in [0, 0.1) is 5.41 Å². The van der Waals surface area contributed by atoms with Crippen molar-refractivity contribution in [2.24, 2.45) is 0 Å². The highest BCUT2D eigenvalue weighted by molar-refractivity contribution is 7.18. The predicted octanol–water partition coefficient (Wildman–Crippen LogP) is 3.98. The quantitative estimate of drug-likeness (QED) is 0.591. The van der Waals surface area contributed by atoms with Crippen molar-refractivity contribution in [3.63, 3.8) is 0 Å². The zero-order valence-corrected chi connectivity index (χ0v) is 18.4. The van der Waals surface area contributed by atoms with Crippen molar-refractivity contribution >= 4 is 52.3 Å². The number of anilines is 2. The fraction of sp³-hybridized carbons (Fsp3) is 0.182. The second kappa shape index (κ2) is 8.25. The molecule has 3 aromatic rings. The summed E-state index contributed by atoms with van der Waals surface area (Å²) < 4.78 is 5.76. The molecule has 2 amide bonds. The van der Waals surface area contributed by atoms with Crippen molar-refractivity contribution in [2.45, 2.75) is 13.1 Å². The van der Waals surface area contributed by atoms with E-state index in [4.69, 9.17) is 21.7 Å². The summed E-state index contributed by atoms with van der Waals surface area (Å²) in [6.45, 7) is 1.86. The van der Waals surface area contributed by atoms with Crippen molar-refractivity contribution in [1.29, 1.82) is 5.41 Å². The maximum Gasteiger partial charge on any atom is 0.289 e. The lowest BCUT2D eigenvalue weighted by atomic mass is 10.1. The number of amides is 2. The summed E-state index contributed by atoms with van der Waals surface area (Å²) in [5, 5.41) is 10.7. The number of amidine groups is 1. The Morgan fingerprint density at radius 2 is 2.16 bits per heavy atom. The van der Waals surface area contributed by atoms with Crippen LogP contribution in [0.2, 0.25) is 4.34 Å². The molecule has 0 bridgehead atoms. The first-order chi connectivity index (χ1) is 15.5. The molecule has 5 rings (SSSR count). The van der Waals surface area contributed by atoms with Crippen LogP contribution in [0.4, 0.5) is 11.5 Å². The van der Waals surface area contributed by atoms with Gasteiger partial charge in [0.1, 0.15) is 12.4 Å². The number of nitrogens with one attached hydrogen (secondary N) is 2. The van der Waals surface area contributed by atoms with Crippen molar-refractivity contribution in [3.05, 3.63) is 74.6 Å². The first kappa shape index (κ1) is 20.5. The maximum atomic E-state index is 13.0. The van der Waals surface area contributed by atoms with Crippen LogP contribution >= 0.6 is 22.9 Å². The molecule has 32 heavy (non-hydrogen) atoms. The summed E-state index contributed by atoms with van der Waals surface area (Å²) in [5.41, 5.74) is 3.03. The number of pyridine rings is 1. The summed E-state index contributed by atoms with van der Waals surface area (Å²) in [5.74, 6) is -0.0410. The number of fused-ring (bicyclic) bond motifs is 1. The Hall–Kier alpha value is -3.43. The number of thiophene rings is 1. The van der Waals surface area contributed by atoms with Gasteiger partial charge in [0.25, 0.3) is 17.8 Å². The molecule has 1 saturated heterocycles. The molecule has 1 fully saturated rings. The van der Waals surface area contributed by atoms with Crippen LogP contribution in [0.25, 0.3) is 0 Å². The number of carbonyl (C=O) groups excluding carboxylic acids is 2. The van der Waals surface area contributed by atoms with Crippen molar-refractivity contribution in [2.75, 3.05) is 23.4 Å². The van der Waals surface area contributed by atoms with Crippen molar-refractivity contribution < 1.29 is 14.3 Å². The second-order valence-corrected chi connectivity index (χ2v) is 9.10. The lowest BCUT2D eigenvalue weighted by Gasteiger charge is -2.19. The summed E-state index contributed by atoms with van der Waals surface area (Å²) in [4.78, 5) is 33.8. The maximum absolute atomic E-state index is 13.0. The largest absolute Gasteiger partial charge is 0.463 e. The molecule has 162 valence electrons. The van der Waals surface area contributed by atoms with E-state index in [1.807, 2.05) is 24.3 Å². The van der Waals surface area contributed by atoms with Gasteiger partial charge in [-0.15, -0.1) is 11.3 Å². The van der Waals surface area contributed by atoms with E-state index in [-0.39, 0.29) is 17.8 Å². The summed E-state index contributed by atoms with van der Waals surface area (Å²) in [6.07, 6.45) is 1.52. The third-order valence-electron chi connectivity index (χ3n) is 5.35. The number of hydrogen-bond acceptors (Lipinski definition) is 6. The first-order valence-corrected chi connectivity index (χ1v) is 11.1. The Balaban J connectivity index is 1.34. The zero-order valence-electron chi connectivity index (χ0n) is 16.8. The SMILES string of the molecule is N=C1OCCN1c1cccc(CN2Cc3c(ccnc3NC(=O)c3ccc(Cl)s3)C2=O)c1. The molecule has 0 atom stereocenters. The zero-order chi connectivity index (χ0) is 22.2. The summed E-state index contributed by atoms with van der Waals surface area (Å²) >= 11 is 7.11. The van der Waals surface area contributed by atoms with Gasteiger partial charge in [0.2, 0.25) is 0 Å². The van der Waals surface area contributed by atoms with E-state index in [1.54, 1.807) is 28.0 Å². The van der Waals surface area contributed by atoms with Crippen LogP contribution in [0.1, 0.15) is 31.2 Å². The molecule has 4 heterocycles. The van der Waals surface area contributed by atoms with Crippen LogP contribution in [0.3, 0.4) is 0 Å². The Morgan fingerprint density at radius 1 is 1.28 bits per heavy atom. The number of carbonyl (C=O) groups is 2. The molecule has 8 nitrogen and oxygen atoms in total. The van der Waals surface area contributed by atoms with Gasteiger partial charge in [0, 0.05) is 29.6 Å². The normalized spacial score (nSPS) is 15.2. The molecule has 2 aliphatic rings. The van der Waals surface area contributed by atoms with Gasteiger partial charge in [0.05, 0.1) is 22.3 Å². The van der Waals surface area contributed by atoms with Crippen LogP contribution in [0.5, 0.6) is 0 Å². The number of nitrogens with zero attached hydrogens (tertiary/aromatic N) is 3. The van der Waals surface area contributed by atoms with Crippen molar-refractivity contribution in [1.82, 2.24) is 9.88 Å². The van der Waals surface area contributed by atoms with E-state index in [2.05, 4.69) is 10.3 Å². The third kappa shape index (κ3) is 3.80. The minimum Gasteiger partial charge on any atom is -0.463 e. The van der Waals surface area contributed by atoms with Crippen LogP contribution < -0.4 is 10.2 Å². The Morgan fingerprint density at radius 3 is 2.91 bits per heavy atom. The van der Waals surface area contributed by atoms with Gasteiger partial charge in [-0.3, -0.25) is 19.9 Å². The number of halogens is 1. The lowest BCUT2D eigenvalue weighted by Crippen LogP contribution is -2.25. The topological polar surface area (TPSA) is 98.6 Å². The highest BCUT2D eigenvalue weighted by Gasteiger charge is 2.31. The minimum atomic E-state index is -0.309. The number of aromatic nitrogens is 1. The standard InChI is InChI=1S/C22H18ClN5O3S/c23-18-5-4-17(32-18)20(29)26-19-16-12-27(21(30)15(16)6-7-25-19)11-13-2-1-3-14(10-13)28-8-9-31-22(28)24/h1-7,10,24H,8-9,11-12H2,(H,25,26,29). The minimum absolute atomic E-state index is 0.111. The fourth-order valence-electron chi connectivity index (χ4n) is 3.83. The van der Waals surface area contributed by atoms with Gasteiger partial charge >= 0.3 is 0 Å². The van der Waals surface area contributed by atoms with Gasteiger partial charge in [-0.1, -0.05) is 23.7 Å². The molecule has 2 aliphatic heterocycles. The molecule has 1 aromatic carbocycles. The van der Waals surface area contributed by atoms with Gasteiger partial charge < -0.3 is 15.0 Å². The molecule has 0 spiro atoms. The van der Waals surface area contributed by atoms with Crippen LogP contribution in [-0.4, -0.2) is 40.9 Å². The molecule has 2 N–H and O–H groups in total.